The number of aromatic amines is 1. The van der Waals surface area contributed by atoms with Gasteiger partial charge < -0.3 is 10.1 Å². The Hall–Kier alpha value is -3.78. The van der Waals surface area contributed by atoms with E-state index in [1.165, 1.54) is 27.2 Å². The number of H-pyrrole nitrogens is 1. The number of aliphatic carboxylic acids is 1. The zero-order valence-electron chi connectivity index (χ0n) is 18.2. The van der Waals surface area contributed by atoms with Crippen LogP contribution in [0.1, 0.15) is 40.5 Å². The number of nitrogens with zero attached hydrogens (tertiary/aromatic N) is 3. The molecule has 2 aromatic carbocycles. The molecular formula is C25H22N4O3S. The summed E-state index contributed by atoms with van der Waals surface area (Å²) in [5.74, 6) is -0.985. The van der Waals surface area contributed by atoms with Crippen molar-refractivity contribution in [2.45, 2.75) is 32.7 Å². The van der Waals surface area contributed by atoms with Gasteiger partial charge >= 0.3 is 11.7 Å². The quantitative estimate of drug-likeness (QED) is 0.387. The van der Waals surface area contributed by atoms with Crippen molar-refractivity contribution in [3.63, 3.8) is 0 Å². The molecule has 0 radical (unpaired) electrons. The zero-order chi connectivity index (χ0) is 23.1. The number of imidazole rings is 1. The summed E-state index contributed by atoms with van der Waals surface area (Å²) in [5.41, 5.74) is 5.49. The number of fused-ring (bicyclic) bond motifs is 2. The molecule has 0 aliphatic heterocycles. The van der Waals surface area contributed by atoms with Crippen molar-refractivity contribution < 1.29 is 9.90 Å². The largest absolute Gasteiger partial charge is 0.481 e. The Kier molecular flexibility index (Phi) is 5.30. The van der Waals surface area contributed by atoms with Crippen molar-refractivity contribution in [2.24, 2.45) is 0 Å². The summed E-state index contributed by atoms with van der Waals surface area (Å²) in [4.78, 5) is 32.1. The molecule has 33 heavy (non-hydrogen) atoms. The fourth-order valence-electron chi connectivity index (χ4n) is 4.44. The van der Waals surface area contributed by atoms with Gasteiger partial charge in [0.1, 0.15) is 0 Å². The van der Waals surface area contributed by atoms with Crippen LogP contribution < -0.4 is 5.69 Å². The van der Waals surface area contributed by atoms with Crippen LogP contribution in [0.2, 0.25) is 0 Å². The molecule has 5 rings (SSSR count). The predicted octanol–water partition coefficient (Wildman–Crippen LogP) is 4.61. The Morgan fingerprint density at radius 2 is 1.94 bits per heavy atom. The summed E-state index contributed by atoms with van der Waals surface area (Å²) in [6.45, 7) is 4.16. The Bertz CT molecular complexity index is 1550. The highest BCUT2D eigenvalue weighted by Gasteiger charge is 2.23. The number of nitrogens with one attached hydrogen (secondary N) is 1. The maximum Gasteiger partial charge on any atom is 0.328 e. The Labute approximate surface area is 193 Å². The maximum atomic E-state index is 12.9. The Morgan fingerprint density at radius 3 is 2.70 bits per heavy atom. The van der Waals surface area contributed by atoms with Gasteiger partial charge in [0.2, 0.25) is 0 Å². The average molecular weight is 459 g/mol. The number of hydrogen-bond acceptors (Lipinski definition) is 5. The van der Waals surface area contributed by atoms with E-state index >= 15 is 0 Å². The SMILES string of the molecule is Cc1cc(C)c2c(Cc3ccc4[nH]c(=O)n([C@H](CC(=O)O)c5ccccc5)c4n3)nsc2c1. The van der Waals surface area contributed by atoms with Crippen LogP contribution >= 0.6 is 11.5 Å². The van der Waals surface area contributed by atoms with Crippen LogP contribution in [0.25, 0.3) is 21.3 Å². The third kappa shape index (κ3) is 3.93. The van der Waals surface area contributed by atoms with Crippen molar-refractivity contribution >= 4 is 38.8 Å². The normalized spacial score (nSPS) is 12.4. The Balaban J connectivity index is 1.61. The second-order valence-corrected chi connectivity index (χ2v) is 9.06. The third-order valence-corrected chi connectivity index (χ3v) is 6.65. The smallest absolute Gasteiger partial charge is 0.328 e. The van der Waals surface area contributed by atoms with Gasteiger partial charge in [0.05, 0.1) is 28.4 Å². The molecule has 0 saturated carbocycles. The van der Waals surface area contributed by atoms with Gasteiger partial charge in [-0.1, -0.05) is 36.4 Å². The van der Waals surface area contributed by atoms with Crippen molar-refractivity contribution in [3.05, 3.63) is 93.2 Å². The fraction of sp³-hybridized carbons (Fsp3) is 0.200. The highest BCUT2D eigenvalue weighted by Crippen LogP contribution is 2.29. The number of carboxylic acid groups (broad SMARTS) is 1. The summed E-state index contributed by atoms with van der Waals surface area (Å²) >= 11 is 1.48. The van der Waals surface area contributed by atoms with Gasteiger partial charge in [-0.25, -0.2) is 9.78 Å². The van der Waals surface area contributed by atoms with E-state index in [4.69, 9.17) is 4.98 Å². The number of carbonyl (C=O) groups is 1. The van der Waals surface area contributed by atoms with Crippen LogP contribution in [0.5, 0.6) is 0 Å². The molecule has 0 unspecified atom stereocenters. The molecule has 0 amide bonds. The topological polar surface area (TPSA) is 101 Å². The lowest BCUT2D eigenvalue weighted by Gasteiger charge is -2.17. The number of pyridine rings is 1. The first-order chi connectivity index (χ1) is 15.9. The Morgan fingerprint density at radius 1 is 1.15 bits per heavy atom. The number of benzene rings is 2. The molecule has 5 aromatic rings. The second kappa shape index (κ2) is 8.29. The summed E-state index contributed by atoms with van der Waals surface area (Å²) in [6.07, 6.45) is 0.298. The molecular weight excluding hydrogens is 436 g/mol. The van der Waals surface area contributed by atoms with Crippen molar-refractivity contribution in [3.8, 4) is 0 Å². The molecule has 8 heteroatoms. The van der Waals surface area contributed by atoms with Gasteiger partial charge in [0.25, 0.3) is 0 Å². The lowest BCUT2D eigenvalue weighted by atomic mass is 10.0. The van der Waals surface area contributed by atoms with E-state index in [1.54, 1.807) is 0 Å². The molecule has 0 spiro atoms. The molecule has 7 nitrogen and oxygen atoms in total. The van der Waals surface area contributed by atoms with Crippen molar-refractivity contribution in [2.75, 3.05) is 0 Å². The summed E-state index contributed by atoms with van der Waals surface area (Å²) < 4.78 is 7.27. The zero-order valence-corrected chi connectivity index (χ0v) is 19.0. The predicted molar refractivity (Wildman–Crippen MR) is 129 cm³/mol. The minimum absolute atomic E-state index is 0.224. The molecule has 166 valence electrons. The van der Waals surface area contributed by atoms with Crippen LogP contribution in [0.15, 0.2) is 59.4 Å². The monoisotopic (exact) mass is 458 g/mol. The van der Waals surface area contributed by atoms with Crippen LogP contribution in [-0.2, 0) is 11.2 Å². The second-order valence-electron chi connectivity index (χ2n) is 8.26. The van der Waals surface area contributed by atoms with Crippen LogP contribution in [-0.4, -0.2) is 30.0 Å². The first-order valence-corrected chi connectivity index (χ1v) is 11.4. The third-order valence-electron chi connectivity index (χ3n) is 5.82. The van der Waals surface area contributed by atoms with Gasteiger partial charge in [-0.3, -0.25) is 9.36 Å². The molecule has 0 bridgehead atoms. The van der Waals surface area contributed by atoms with Crippen molar-refractivity contribution in [1.29, 1.82) is 0 Å². The van der Waals surface area contributed by atoms with E-state index in [2.05, 4.69) is 35.3 Å². The molecule has 2 N–H and O–H groups in total. The number of rotatable bonds is 6. The lowest BCUT2D eigenvalue weighted by Crippen LogP contribution is -2.25. The molecule has 0 saturated heterocycles. The first-order valence-electron chi connectivity index (χ1n) is 10.6. The number of aromatic nitrogens is 4. The average Bonchev–Trinajstić information content (AvgIpc) is 3.32. The minimum Gasteiger partial charge on any atom is -0.481 e. The van der Waals surface area contributed by atoms with Gasteiger partial charge in [-0.15, -0.1) is 0 Å². The molecule has 1 atom stereocenters. The van der Waals surface area contributed by atoms with Crippen molar-refractivity contribution in [1.82, 2.24) is 18.9 Å². The van der Waals surface area contributed by atoms with Crippen LogP contribution in [0.4, 0.5) is 0 Å². The molecule has 0 aliphatic carbocycles. The number of aryl methyl sites for hydroxylation is 2. The van der Waals surface area contributed by atoms with Gasteiger partial charge in [0, 0.05) is 17.5 Å². The van der Waals surface area contributed by atoms with Crippen LogP contribution in [0.3, 0.4) is 0 Å². The molecule has 0 fully saturated rings. The maximum absolute atomic E-state index is 12.9. The molecule has 0 aliphatic rings. The first kappa shape index (κ1) is 21.1. The molecule has 3 aromatic heterocycles. The number of hydrogen-bond donors (Lipinski definition) is 2. The number of carboxylic acids is 1. The summed E-state index contributed by atoms with van der Waals surface area (Å²) in [7, 11) is 0. The van der Waals surface area contributed by atoms with Gasteiger partial charge in [-0.05, 0) is 60.3 Å². The van der Waals surface area contributed by atoms with E-state index in [9.17, 15) is 14.7 Å². The highest BCUT2D eigenvalue weighted by atomic mass is 32.1. The van der Waals surface area contributed by atoms with Gasteiger partial charge in [0.15, 0.2) is 5.65 Å². The summed E-state index contributed by atoms with van der Waals surface area (Å²) in [6, 6.07) is 16.5. The molecule has 3 heterocycles. The standard InChI is InChI=1S/C25H22N4O3S/c1-14-10-15(2)23-19(28-33-21(23)11-14)12-17-8-9-18-24(26-17)29(25(32)27-18)20(13-22(30)31)16-6-4-3-5-7-16/h3-11,20H,12-13H2,1-2H3,(H,27,32)(H,30,31)/t20-/m1/s1. The van der Waals surface area contributed by atoms with E-state index in [0.29, 0.717) is 17.6 Å². The highest BCUT2D eigenvalue weighted by molar-refractivity contribution is 7.13. The van der Waals surface area contributed by atoms with E-state index in [0.717, 1.165) is 27.0 Å². The van der Waals surface area contributed by atoms with E-state index < -0.39 is 12.0 Å². The van der Waals surface area contributed by atoms with E-state index in [-0.39, 0.29) is 12.1 Å². The minimum atomic E-state index is -0.985. The van der Waals surface area contributed by atoms with Gasteiger partial charge in [-0.2, -0.15) is 4.37 Å². The van der Waals surface area contributed by atoms with E-state index in [1.807, 2.05) is 42.5 Å². The van der Waals surface area contributed by atoms with Crippen LogP contribution in [0, 0.1) is 13.8 Å². The summed E-state index contributed by atoms with van der Waals surface area (Å²) in [5, 5.41) is 10.7. The lowest BCUT2D eigenvalue weighted by molar-refractivity contribution is -0.137. The fourth-order valence-corrected chi connectivity index (χ4v) is 5.41.